The predicted molar refractivity (Wildman–Crippen MR) is 144 cm³/mol. The van der Waals surface area contributed by atoms with Crippen LogP contribution < -0.4 is 4.90 Å². The molecule has 38 heavy (non-hydrogen) atoms. The first kappa shape index (κ1) is 23.4. The lowest BCUT2D eigenvalue weighted by molar-refractivity contribution is -0.136. The SMILES string of the molecule is C=CC(=O)N1CC2(CCN(c3nc4c(c(-c5c(C)ccc6cnn(C)c56)c3C#N)CO[C@@H](C3CC3)C4)C2)C1. The lowest BCUT2D eigenvalue weighted by Gasteiger charge is -2.47. The van der Waals surface area contributed by atoms with Crippen molar-refractivity contribution in [1.29, 1.82) is 5.26 Å². The van der Waals surface area contributed by atoms with E-state index in [-0.39, 0.29) is 17.4 Å². The van der Waals surface area contributed by atoms with Gasteiger partial charge in [-0.1, -0.05) is 18.7 Å². The molecule has 0 bridgehead atoms. The minimum absolute atomic E-state index is 0.00755. The van der Waals surface area contributed by atoms with Crippen molar-refractivity contribution in [2.75, 3.05) is 31.1 Å². The molecule has 1 aromatic carbocycles. The van der Waals surface area contributed by atoms with E-state index in [0.717, 1.165) is 83.7 Å². The molecular weight excluding hydrogens is 476 g/mol. The Kier molecular flexibility index (Phi) is 5.18. The number of likely N-dealkylation sites (tertiary alicyclic amines) is 1. The molecule has 5 heterocycles. The highest BCUT2D eigenvalue weighted by Gasteiger charge is 2.50. The number of pyridine rings is 1. The lowest BCUT2D eigenvalue weighted by atomic mass is 9.79. The molecule has 2 aromatic heterocycles. The molecule has 7 rings (SSSR count). The third kappa shape index (κ3) is 3.48. The van der Waals surface area contributed by atoms with Crippen LogP contribution >= 0.6 is 0 Å². The molecule has 3 aliphatic heterocycles. The Balaban J connectivity index is 1.37. The highest BCUT2D eigenvalue weighted by atomic mass is 16.5. The summed E-state index contributed by atoms with van der Waals surface area (Å²) in [5.41, 5.74) is 6.91. The van der Waals surface area contributed by atoms with Crippen LogP contribution in [0, 0.1) is 29.6 Å². The minimum atomic E-state index is -0.00755. The van der Waals surface area contributed by atoms with E-state index in [1.807, 2.05) is 22.8 Å². The molecule has 3 fully saturated rings. The topological polar surface area (TPSA) is 87.3 Å². The van der Waals surface area contributed by atoms with Gasteiger partial charge in [-0.15, -0.1) is 0 Å². The molecule has 1 aliphatic carbocycles. The molecule has 1 saturated carbocycles. The summed E-state index contributed by atoms with van der Waals surface area (Å²) in [6.07, 6.45) is 7.69. The summed E-state index contributed by atoms with van der Waals surface area (Å²) in [6, 6.07) is 6.79. The maximum Gasteiger partial charge on any atom is 0.245 e. The number of nitriles is 1. The molecule has 194 valence electrons. The zero-order chi connectivity index (χ0) is 26.2. The molecule has 4 aliphatic rings. The second kappa shape index (κ2) is 8.40. The Labute approximate surface area is 222 Å². The first-order chi connectivity index (χ1) is 18.4. The number of hydrogen-bond donors (Lipinski definition) is 0. The average molecular weight is 509 g/mol. The molecule has 8 nitrogen and oxygen atoms in total. The van der Waals surface area contributed by atoms with Crippen molar-refractivity contribution < 1.29 is 9.53 Å². The van der Waals surface area contributed by atoms with Crippen LogP contribution in [0.1, 0.15) is 41.6 Å². The number of ether oxygens (including phenoxy) is 1. The van der Waals surface area contributed by atoms with Crippen molar-refractivity contribution in [3.63, 3.8) is 0 Å². The van der Waals surface area contributed by atoms with Crippen molar-refractivity contribution in [2.45, 2.75) is 45.3 Å². The fourth-order valence-corrected chi connectivity index (χ4v) is 6.91. The van der Waals surface area contributed by atoms with Crippen LogP contribution in [0.3, 0.4) is 0 Å². The summed E-state index contributed by atoms with van der Waals surface area (Å²) in [4.78, 5) is 21.5. The van der Waals surface area contributed by atoms with Gasteiger partial charge in [0.1, 0.15) is 17.5 Å². The van der Waals surface area contributed by atoms with Crippen molar-refractivity contribution >= 4 is 22.6 Å². The van der Waals surface area contributed by atoms with Gasteiger partial charge in [-0.2, -0.15) is 10.4 Å². The molecule has 1 spiro atoms. The smallest absolute Gasteiger partial charge is 0.245 e. The van der Waals surface area contributed by atoms with Crippen molar-refractivity contribution in [3.05, 3.63) is 53.4 Å². The van der Waals surface area contributed by atoms with Gasteiger partial charge in [0, 0.05) is 67.1 Å². The normalized spacial score (nSPS) is 21.9. The number of carbonyl (C=O) groups excluding carboxylic acids is 1. The highest BCUT2D eigenvalue weighted by Crippen LogP contribution is 2.47. The van der Waals surface area contributed by atoms with E-state index >= 15 is 0 Å². The minimum Gasteiger partial charge on any atom is -0.373 e. The predicted octanol–water partition coefficient (Wildman–Crippen LogP) is 3.89. The van der Waals surface area contributed by atoms with Crippen LogP contribution in [0.4, 0.5) is 5.82 Å². The number of aromatic nitrogens is 3. The second-order valence-corrected chi connectivity index (χ2v) is 11.6. The number of rotatable bonds is 4. The number of fused-ring (bicyclic) bond motifs is 2. The Morgan fingerprint density at radius 3 is 2.82 bits per heavy atom. The van der Waals surface area contributed by atoms with Gasteiger partial charge in [0.2, 0.25) is 5.91 Å². The number of benzene rings is 1. The molecule has 0 N–H and O–H groups in total. The van der Waals surface area contributed by atoms with E-state index < -0.39 is 0 Å². The van der Waals surface area contributed by atoms with Crippen LogP contribution in [0.15, 0.2) is 31.0 Å². The molecule has 1 amide bonds. The Bertz CT molecular complexity index is 1540. The summed E-state index contributed by atoms with van der Waals surface area (Å²) in [7, 11) is 1.96. The van der Waals surface area contributed by atoms with Crippen molar-refractivity contribution in [1.82, 2.24) is 19.7 Å². The standard InChI is InChI=1S/C30H32N6O2/c1-4-25(37)36-16-30(17-36)9-10-35(15-30)29-21(12-31)27(22-14-38-24(19-7-8-19)11-23(22)33-29)26-18(2)5-6-20-13-32-34(3)28(20)26/h4-6,13,19,24H,1,7-11,14-17H2,2-3H3/t24-/m1/s1. The summed E-state index contributed by atoms with van der Waals surface area (Å²) >= 11 is 0. The van der Waals surface area contributed by atoms with E-state index in [0.29, 0.717) is 18.1 Å². The zero-order valence-electron chi connectivity index (χ0n) is 22.0. The number of amides is 1. The lowest BCUT2D eigenvalue weighted by Crippen LogP contribution is -2.59. The van der Waals surface area contributed by atoms with Gasteiger partial charge in [0.05, 0.1) is 30.1 Å². The maximum atomic E-state index is 12.1. The molecule has 8 heteroatoms. The van der Waals surface area contributed by atoms with Crippen LogP contribution in [-0.2, 0) is 29.6 Å². The second-order valence-electron chi connectivity index (χ2n) is 11.6. The zero-order valence-corrected chi connectivity index (χ0v) is 22.0. The summed E-state index contributed by atoms with van der Waals surface area (Å²) in [5.74, 6) is 1.39. The molecule has 2 saturated heterocycles. The van der Waals surface area contributed by atoms with Gasteiger partial charge in [-0.05, 0) is 43.7 Å². The quantitative estimate of drug-likeness (QED) is 0.497. The molecular formula is C30H32N6O2. The molecule has 3 aromatic rings. The van der Waals surface area contributed by atoms with E-state index in [1.165, 1.54) is 18.9 Å². The van der Waals surface area contributed by atoms with E-state index in [2.05, 4.69) is 41.7 Å². The van der Waals surface area contributed by atoms with Crippen LogP contribution in [0.25, 0.3) is 22.0 Å². The van der Waals surface area contributed by atoms with Crippen LogP contribution in [0.2, 0.25) is 0 Å². The average Bonchev–Trinajstić information content (AvgIpc) is 3.56. The number of anilines is 1. The van der Waals surface area contributed by atoms with E-state index in [9.17, 15) is 10.1 Å². The molecule has 1 atom stereocenters. The Hall–Kier alpha value is -3.70. The Morgan fingerprint density at radius 1 is 1.26 bits per heavy atom. The van der Waals surface area contributed by atoms with Crippen molar-refractivity contribution in [2.24, 2.45) is 18.4 Å². The van der Waals surface area contributed by atoms with Gasteiger partial charge in [-0.25, -0.2) is 4.98 Å². The third-order valence-electron chi connectivity index (χ3n) is 9.10. The number of hydrogen-bond acceptors (Lipinski definition) is 6. The van der Waals surface area contributed by atoms with Gasteiger partial charge in [-0.3, -0.25) is 9.48 Å². The van der Waals surface area contributed by atoms with Crippen LogP contribution in [-0.4, -0.2) is 57.9 Å². The highest BCUT2D eigenvalue weighted by molar-refractivity contribution is 5.99. The van der Waals surface area contributed by atoms with Crippen LogP contribution in [0.5, 0.6) is 0 Å². The number of carbonyl (C=O) groups is 1. The van der Waals surface area contributed by atoms with Crippen molar-refractivity contribution in [3.8, 4) is 17.2 Å². The van der Waals surface area contributed by atoms with E-state index in [4.69, 9.17) is 9.72 Å². The van der Waals surface area contributed by atoms with E-state index in [1.54, 1.807) is 0 Å². The third-order valence-corrected chi connectivity index (χ3v) is 9.10. The van der Waals surface area contributed by atoms with Gasteiger partial charge < -0.3 is 14.5 Å². The monoisotopic (exact) mass is 508 g/mol. The number of nitrogens with zero attached hydrogens (tertiary/aromatic N) is 6. The van der Waals surface area contributed by atoms with Gasteiger partial charge in [0.15, 0.2) is 0 Å². The fourth-order valence-electron chi connectivity index (χ4n) is 6.91. The Morgan fingerprint density at radius 2 is 2.08 bits per heavy atom. The molecule has 0 unspecified atom stereocenters. The maximum absolute atomic E-state index is 12.1. The largest absolute Gasteiger partial charge is 0.373 e. The van der Waals surface area contributed by atoms with Gasteiger partial charge in [0.25, 0.3) is 0 Å². The first-order valence-corrected chi connectivity index (χ1v) is 13.6. The first-order valence-electron chi connectivity index (χ1n) is 13.6. The number of aryl methyl sites for hydroxylation is 2. The fraction of sp³-hybridized carbons (Fsp3) is 0.467. The summed E-state index contributed by atoms with van der Waals surface area (Å²) < 4.78 is 8.30. The van der Waals surface area contributed by atoms with Gasteiger partial charge >= 0.3 is 0 Å². The molecule has 0 radical (unpaired) electrons. The summed E-state index contributed by atoms with van der Waals surface area (Å²) in [6.45, 7) is 9.31. The summed E-state index contributed by atoms with van der Waals surface area (Å²) in [5, 5.41) is 16.3.